The van der Waals surface area contributed by atoms with Crippen molar-refractivity contribution in [2.24, 2.45) is 0 Å². The maximum absolute atomic E-state index is 12.2. The summed E-state index contributed by atoms with van der Waals surface area (Å²) < 4.78 is 4.64. The lowest BCUT2D eigenvalue weighted by molar-refractivity contribution is -0.144. The SMILES string of the molecule is COC(=O)[C@@H]1C[C@@H](O)CN1C(=O)Nc1cccc(Cl)c1. The molecule has 0 bridgehead atoms. The summed E-state index contributed by atoms with van der Waals surface area (Å²) in [6.45, 7) is 0.0895. The number of benzene rings is 1. The van der Waals surface area contributed by atoms with Gasteiger partial charge in [-0.2, -0.15) is 0 Å². The summed E-state index contributed by atoms with van der Waals surface area (Å²) in [6.07, 6.45) is -0.556. The minimum atomic E-state index is -0.769. The number of β-amino-alcohol motifs (C(OH)–C–C–N with tert-alkyl or cyclic N) is 1. The van der Waals surface area contributed by atoms with E-state index in [2.05, 4.69) is 10.1 Å². The Morgan fingerprint density at radius 1 is 1.50 bits per heavy atom. The van der Waals surface area contributed by atoms with Gasteiger partial charge in [0.2, 0.25) is 0 Å². The van der Waals surface area contributed by atoms with Crippen LogP contribution in [0.2, 0.25) is 5.02 Å². The first-order chi connectivity index (χ1) is 9.51. The Balaban J connectivity index is 2.09. The van der Waals surface area contributed by atoms with E-state index in [0.717, 1.165) is 0 Å². The molecule has 1 fully saturated rings. The molecular formula is C13H15ClN2O4. The summed E-state index contributed by atoms with van der Waals surface area (Å²) >= 11 is 5.83. The zero-order valence-electron chi connectivity index (χ0n) is 10.9. The highest BCUT2D eigenvalue weighted by atomic mass is 35.5. The van der Waals surface area contributed by atoms with Crippen LogP contribution in [0.4, 0.5) is 10.5 Å². The van der Waals surface area contributed by atoms with Crippen LogP contribution in [0.5, 0.6) is 0 Å². The monoisotopic (exact) mass is 298 g/mol. The standard InChI is InChI=1S/C13H15ClN2O4/c1-20-12(18)11-6-10(17)7-16(11)13(19)15-9-4-2-3-8(14)5-9/h2-5,10-11,17H,6-7H2,1H3,(H,15,19)/t10-,11+/m1/s1. The molecule has 0 spiro atoms. The first-order valence-corrected chi connectivity index (χ1v) is 6.48. The number of nitrogens with zero attached hydrogens (tertiary/aromatic N) is 1. The van der Waals surface area contributed by atoms with E-state index >= 15 is 0 Å². The normalized spacial score (nSPS) is 21.6. The number of aliphatic hydroxyl groups is 1. The number of amides is 2. The van der Waals surface area contributed by atoms with E-state index in [0.29, 0.717) is 10.7 Å². The van der Waals surface area contributed by atoms with Crippen molar-refractivity contribution < 1.29 is 19.4 Å². The predicted octanol–water partition coefficient (Wildman–Crippen LogP) is 1.48. The number of aliphatic hydroxyl groups excluding tert-OH is 1. The van der Waals surface area contributed by atoms with Gasteiger partial charge in [0.15, 0.2) is 0 Å². The average molecular weight is 299 g/mol. The zero-order chi connectivity index (χ0) is 14.7. The van der Waals surface area contributed by atoms with Gasteiger partial charge >= 0.3 is 12.0 Å². The Bertz CT molecular complexity index is 523. The third-order valence-corrected chi connectivity index (χ3v) is 3.32. The fourth-order valence-corrected chi connectivity index (χ4v) is 2.35. The maximum Gasteiger partial charge on any atom is 0.328 e. The number of esters is 1. The van der Waals surface area contributed by atoms with Crippen molar-refractivity contribution in [2.75, 3.05) is 19.0 Å². The van der Waals surface area contributed by atoms with Gasteiger partial charge in [-0.15, -0.1) is 0 Å². The van der Waals surface area contributed by atoms with Crippen molar-refractivity contribution in [2.45, 2.75) is 18.6 Å². The average Bonchev–Trinajstić information content (AvgIpc) is 2.80. The van der Waals surface area contributed by atoms with E-state index in [9.17, 15) is 14.7 Å². The molecule has 1 aromatic rings. The molecular weight excluding hydrogens is 284 g/mol. The van der Waals surface area contributed by atoms with Gasteiger partial charge in [0, 0.05) is 23.7 Å². The number of nitrogens with one attached hydrogen (secondary N) is 1. The van der Waals surface area contributed by atoms with Crippen molar-refractivity contribution in [1.29, 1.82) is 0 Å². The lowest BCUT2D eigenvalue weighted by Crippen LogP contribution is -2.43. The fourth-order valence-electron chi connectivity index (χ4n) is 2.16. The van der Waals surface area contributed by atoms with Crippen LogP contribution in [-0.2, 0) is 9.53 Å². The van der Waals surface area contributed by atoms with Gasteiger partial charge in [-0.3, -0.25) is 0 Å². The summed E-state index contributed by atoms with van der Waals surface area (Å²) in [5.74, 6) is -0.539. The highest BCUT2D eigenvalue weighted by Crippen LogP contribution is 2.21. The van der Waals surface area contributed by atoms with Crippen molar-refractivity contribution >= 4 is 29.3 Å². The Hall–Kier alpha value is -1.79. The number of ether oxygens (including phenoxy) is 1. The number of rotatable bonds is 2. The van der Waals surface area contributed by atoms with Gasteiger partial charge in [-0.1, -0.05) is 17.7 Å². The van der Waals surface area contributed by atoms with Gasteiger partial charge in [0.1, 0.15) is 6.04 Å². The zero-order valence-corrected chi connectivity index (χ0v) is 11.6. The molecule has 2 atom stereocenters. The quantitative estimate of drug-likeness (QED) is 0.811. The summed E-state index contributed by atoms with van der Waals surface area (Å²) in [5.41, 5.74) is 0.521. The molecule has 6 nitrogen and oxygen atoms in total. The number of urea groups is 1. The molecule has 2 rings (SSSR count). The van der Waals surface area contributed by atoms with Gasteiger partial charge < -0.3 is 20.1 Å². The molecule has 0 saturated carbocycles. The minimum Gasteiger partial charge on any atom is -0.467 e. The molecule has 0 aromatic heterocycles. The molecule has 2 amide bonds. The molecule has 1 aliphatic rings. The van der Waals surface area contributed by atoms with Crippen LogP contribution < -0.4 is 5.32 Å². The molecule has 1 aliphatic heterocycles. The molecule has 1 aromatic carbocycles. The number of methoxy groups -OCH3 is 1. The Morgan fingerprint density at radius 3 is 2.90 bits per heavy atom. The van der Waals surface area contributed by atoms with Crippen molar-refractivity contribution in [3.05, 3.63) is 29.3 Å². The second-order valence-electron chi connectivity index (χ2n) is 4.52. The van der Waals surface area contributed by atoms with E-state index in [1.165, 1.54) is 12.0 Å². The number of hydrogen-bond acceptors (Lipinski definition) is 4. The largest absolute Gasteiger partial charge is 0.467 e. The predicted molar refractivity (Wildman–Crippen MR) is 73.6 cm³/mol. The van der Waals surface area contributed by atoms with Gasteiger partial charge in [-0.05, 0) is 18.2 Å². The molecule has 108 valence electrons. The van der Waals surface area contributed by atoms with E-state index < -0.39 is 24.1 Å². The fraction of sp³-hybridized carbons (Fsp3) is 0.385. The van der Waals surface area contributed by atoms with Crippen molar-refractivity contribution in [3.63, 3.8) is 0 Å². The van der Waals surface area contributed by atoms with Gasteiger partial charge in [0.25, 0.3) is 0 Å². The van der Waals surface area contributed by atoms with E-state index in [4.69, 9.17) is 11.6 Å². The molecule has 7 heteroatoms. The van der Waals surface area contributed by atoms with Crippen LogP contribution in [0.1, 0.15) is 6.42 Å². The van der Waals surface area contributed by atoms with Crippen molar-refractivity contribution in [1.82, 2.24) is 4.90 Å². The second-order valence-corrected chi connectivity index (χ2v) is 4.96. The van der Waals surface area contributed by atoms with Gasteiger partial charge in [0.05, 0.1) is 13.2 Å². The Labute approximate surface area is 121 Å². The molecule has 0 radical (unpaired) electrons. The number of halogens is 1. The number of anilines is 1. The third kappa shape index (κ3) is 3.20. The highest BCUT2D eigenvalue weighted by Gasteiger charge is 2.39. The minimum absolute atomic E-state index is 0.0895. The third-order valence-electron chi connectivity index (χ3n) is 3.09. The summed E-state index contributed by atoms with van der Waals surface area (Å²) in [6, 6.07) is 5.43. The summed E-state index contributed by atoms with van der Waals surface area (Å²) in [7, 11) is 1.25. The maximum atomic E-state index is 12.2. The molecule has 1 heterocycles. The smallest absolute Gasteiger partial charge is 0.328 e. The highest BCUT2D eigenvalue weighted by molar-refractivity contribution is 6.30. The number of carbonyl (C=O) groups is 2. The molecule has 20 heavy (non-hydrogen) atoms. The summed E-state index contributed by atoms with van der Waals surface area (Å²) in [4.78, 5) is 25.0. The van der Waals surface area contributed by atoms with Crippen LogP contribution in [0.3, 0.4) is 0 Å². The second kappa shape index (κ2) is 6.11. The number of carbonyl (C=O) groups excluding carboxylic acids is 2. The van der Waals surface area contributed by atoms with Crippen LogP contribution in [0.25, 0.3) is 0 Å². The number of hydrogen-bond donors (Lipinski definition) is 2. The number of likely N-dealkylation sites (tertiary alicyclic amines) is 1. The first kappa shape index (κ1) is 14.6. The molecule has 0 aliphatic carbocycles. The van der Waals surface area contributed by atoms with E-state index in [1.807, 2.05) is 0 Å². The molecule has 2 N–H and O–H groups in total. The van der Waals surface area contributed by atoms with E-state index in [1.54, 1.807) is 24.3 Å². The van der Waals surface area contributed by atoms with Crippen LogP contribution in [0, 0.1) is 0 Å². The molecule has 0 unspecified atom stereocenters. The van der Waals surface area contributed by atoms with Gasteiger partial charge in [-0.25, -0.2) is 9.59 Å². The topological polar surface area (TPSA) is 78.9 Å². The van der Waals surface area contributed by atoms with E-state index in [-0.39, 0.29) is 13.0 Å². The van der Waals surface area contributed by atoms with Crippen LogP contribution in [0.15, 0.2) is 24.3 Å². The summed E-state index contributed by atoms with van der Waals surface area (Å²) in [5, 5.41) is 12.8. The first-order valence-electron chi connectivity index (χ1n) is 6.10. The molecule has 1 saturated heterocycles. The van der Waals surface area contributed by atoms with Crippen molar-refractivity contribution in [3.8, 4) is 0 Å². The lowest BCUT2D eigenvalue weighted by Gasteiger charge is -2.22. The Kier molecular flexibility index (Phi) is 4.46. The Morgan fingerprint density at radius 2 is 2.25 bits per heavy atom. The lowest BCUT2D eigenvalue weighted by atomic mass is 10.2. The van der Waals surface area contributed by atoms with Crippen LogP contribution >= 0.6 is 11.6 Å². The van der Waals surface area contributed by atoms with Crippen LogP contribution in [-0.4, -0.2) is 47.8 Å².